The summed E-state index contributed by atoms with van der Waals surface area (Å²) in [5.41, 5.74) is 2.34. The van der Waals surface area contributed by atoms with Gasteiger partial charge < -0.3 is 19.8 Å². The molecular weight excluding hydrogens is 389 g/mol. The third-order valence-corrected chi connectivity index (χ3v) is 6.96. The van der Waals surface area contributed by atoms with Crippen molar-refractivity contribution in [3.8, 4) is 0 Å². The molecule has 2 aliphatic heterocycles. The molecular formula is C24H27B2FN2O2. The van der Waals surface area contributed by atoms with Crippen LogP contribution in [0.4, 0.5) is 15.8 Å². The Kier molecular flexibility index (Phi) is 4.79. The molecule has 1 atom stereocenters. The molecule has 31 heavy (non-hydrogen) atoms. The van der Waals surface area contributed by atoms with E-state index >= 15 is 0 Å². The Morgan fingerprint density at radius 1 is 0.839 bits per heavy atom. The van der Waals surface area contributed by atoms with Crippen molar-refractivity contribution in [2.75, 3.05) is 10.5 Å². The summed E-state index contributed by atoms with van der Waals surface area (Å²) in [6.45, 7) is 8.17. The van der Waals surface area contributed by atoms with Crippen molar-refractivity contribution < 1.29 is 13.7 Å². The first-order valence-electron chi connectivity index (χ1n) is 10.9. The Labute approximate surface area is 183 Å². The van der Waals surface area contributed by atoms with Gasteiger partial charge in [-0.3, -0.25) is 0 Å². The van der Waals surface area contributed by atoms with Gasteiger partial charge in [-0.1, -0.05) is 36.4 Å². The van der Waals surface area contributed by atoms with Crippen molar-refractivity contribution in [1.82, 2.24) is 0 Å². The van der Waals surface area contributed by atoms with Crippen molar-refractivity contribution in [1.29, 1.82) is 0 Å². The van der Waals surface area contributed by atoms with E-state index in [1.54, 1.807) is 0 Å². The molecule has 4 nitrogen and oxygen atoms in total. The summed E-state index contributed by atoms with van der Waals surface area (Å²) in [6, 6.07) is 19.3. The first-order chi connectivity index (χ1) is 14.7. The first kappa shape index (κ1) is 20.4. The van der Waals surface area contributed by atoms with Gasteiger partial charge in [-0.25, -0.2) is 4.39 Å². The van der Waals surface area contributed by atoms with Crippen LogP contribution in [-0.4, -0.2) is 25.3 Å². The highest BCUT2D eigenvalue weighted by molar-refractivity contribution is 6.80. The van der Waals surface area contributed by atoms with Gasteiger partial charge in [0.05, 0.1) is 11.2 Å². The lowest BCUT2D eigenvalue weighted by Gasteiger charge is -2.32. The molecule has 0 bridgehead atoms. The van der Waals surface area contributed by atoms with Crippen molar-refractivity contribution in [3.05, 3.63) is 72.0 Å². The molecule has 158 valence electrons. The van der Waals surface area contributed by atoms with Crippen LogP contribution in [0.3, 0.4) is 0 Å². The van der Waals surface area contributed by atoms with E-state index in [4.69, 9.17) is 9.31 Å². The predicted molar refractivity (Wildman–Crippen MR) is 127 cm³/mol. The highest BCUT2D eigenvalue weighted by atomic mass is 19.1. The largest absolute Gasteiger partial charge is 0.457 e. The zero-order valence-corrected chi connectivity index (χ0v) is 18.4. The maximum Gasteiger partial charge on any atom is 0.457 e. The molecule has 7 heteroatoms. The predicted octanol–water partition coefficient (Wildman–Crippen LogP) is 5.55. The van der Waals surface area contributed by atoms with Crippen LogP contribution in [0.2, 0.25) is 5.72 Å². The molecule has 0 saturated carbocycles. The fraction of sp³-hybridized carbons (Fsp3) is 0.333. The quantitative estimate of drug-likeness (QED) is 0.548. The summed E-state index contributed by atoms with van der Waals surface area (Å²) in [7, 11) is -0.412. The van der Waals surface area contributed by atoms with E-state index in [2.05, 4.69) is 74.5 Å². The highest BCUT2D eigenvalue weighted by Gasteiger charge is 2.56. The molecule has 0 radical (unpaired) electrons. The van der Waals surface area contributed by atoms with Crippen LogP contribution < -0.4 is 10.5 Å². The van der Waals surface area contributed by atoms with Gasteiger partial charge in [0.15, 0.2) is 0 Å². The molecule has 0 aliphatic carbocycles. The van der Waals surface area contributed by atoms with Gasteiger partial charge in [-0.2, -0.15) is 0 Å². The van der Waals surface area contributed by atoms with E-state index < -0.39 is 18.3 Å². The molecule has 0 amide bonds. The van der Waals surface area contributed by atoms with Gasteiger partial charge in [-0.05, 0) is 69.3 Å². The van der Waals surface area contributed by atoms with Gasteiger partial charge in [-0.15, -0.1) is 0 Å². The molecule has 3 aromatic rings. The summed E-state index contributed by atoms with van der Waals surface area (Å²) < 4.78 is 26.4. The lowest BCUT2D eigenvalue weighted by atomic mass is 9.44. The molecule has 1 saturated heterocycles. The average molecular weight is 416 g/mol. The fourth-order valence-electron chi connectivity index (χ4n) is 4.49. The van der Waals surface area contributed by atoms with Crippen LogP contribution >= 0.6 is 0 Å². The average Bonchev–Trinajstić information content (AvgIpc) is 2.94. The van der Waals surface area contributed by atoms with Crippen LogP contribution in [0.5, 0.6) is 0 Å². The Bertz CT molecular complexity index is 1060. The van der Waals surface area contributed by atoms with Crippen LogP contribution in [0.15, 0.2) is 60.7 Å². The number of hydrogen-bond donors (Lipinski definition) is 2. The second-order valence-electron chi connectivity index (χ2n) is 9.59. The molecule has 1 fully saturated rings. The fourth-order valence-corrected chi connectivity index (χ4v) is 4.49. The second-order valence-corrected chi connectivity index (χ2v) is 9.59. The topological polar surface area (TPSA) is 42.5 Å². The van der Waals surface area contributed by atoms with Gasteiger partial charge in [0.25, 0.3) is 0 Å². The Morgan fingerprint density at radius 3 is 1.94 bits per heavy atom. The lowest BCUT2D eigenvalue weighted by molar-refractivity contribution is 0.00578. The molecule has 0 spiro atoms. The number of benzene rings is 3. The minimum absolute atomic E-state index is 0.0462. The van der Waals surface area contributed by atoms with Gasteiger partial charge in [0, 0.05) is 22.5 Å². The third-order valence-electron chi connectivity index (χ3n) is 6.96. The van der Waals surface area contributed by atoms with Gasteiger partial charge in [0.2, 0.25) is 0 Å². The summed E-state index contributed by atoms with van der Waals surface area (Å²) in [5.74, 6) is -0.231. The SMILES string of the molecule is CC1(C)OB(C(Cc2ccc(F)cc2)B2Nc3cccc4cccc(c34)N2)OC1(C)C. The molecule has 3 aromatic carbocycles. The van der Waals surface area contributed by atoms with E-state index in [1.807, 2.05) is 12.1 Å². The zero-order valence-electron chi connectivity index (χ0n) is 18.4. The van der Waals surface area contributed by atoms with Crippen LogP contribution in [0.1, 0.15) is 33.3 Å². The normalized spacial score (nSPS) is 19.8. The number of anilines is 2. The van der Waals surface area contributed by atoms with Crippen LogP contribution in [0, 0.1) is 5.82 Å². The number of nitrogens with one attached hydrogen (secondary N) is 2. The van der Waals surface area contributed by atoms with E-state index in [0.29, 0.717) is 6.42 Å². The molecule has 1 unspecified atom stereocenters. The monoisotopic (exact) mass is 416 g/mol. The third kappa shape index (κ3) is 3.60. The Morgan fingerprint density at radius 2 is 1.39 bits per heavy atom. The number of hydrogen-bond acceptors (Lipinski definition) is 4. The van der Waals surface area contributed by atoms with Crippen LogP contribution in [0.25, 0.3) is 10.8 Å². The van der Waals surface area contributed by atoms with E-state index in [0.717, 1.165) is 16.9 Å². The van der Waals surface area contributed by atoms with Crippen molar-refractivity contribution in [3.63, 3.8) is 0 Å². The Balaban J connectivity index is 1.51. The van der Waals surface area contributed by atoms with Gasteiger partial charge in [0.1, 0.15) is 5.82 Å². The second kappa shape index (κ2) is 7.28. The minimum Gasteiger partial charge on any atom is -0.409 e. The summed E-state index contributed by atoms with van der Waals surface area (Å²) in [6.07, 6.45) is 0.680. The lowest BCUT2D eigenvalue weighted by Crippen LogP contribution is -2.49. The standard InChI is InChI=1S/C24H27B2FN2O2/c1-23(2)24(3,4)31-26(30-23)21(15-16-11-13-18(27)14-12-16)25-28-19-9-5-7-17-8-6-10-20(29-25)22(17)19/h5-14,21,28-29H,15H2,1-4H3. The molecule has 0 aromatic heterocycles. The van der Waals surface area contributed by atoms with E-state index in [9.17, 15) is 4.39 Å². The first-order valence-corrected chi connectivity index (χ1v) is 10.9. The summed E-state index contributed by atoms with van der Waals surface area (Å²) in [5, 5.41) is 9.74. The highest BCUT2D eigenvalue weighted by Crippen LogP contribution is 2.43. The summed E-state index contributed by atoms with van der Waals surface area (Å²) in [4.78, 5) is 0. The van der Waals surface area contributed by atoms with Crippen LogP contribution in [-0.2, 0) is 15.7 Å². The molecule has 2 heterocycles. The van der Waals surface area contributed by atoms with Gasteiger partial charge >= 0.3 is 14.1 Å². The van der Waals surface area contributed by atoms with E-state index in [-0.39, 0.29) is 18.5 Å². The number of halogens is 1. The zero-order chi connectivity index (χ0) is 21.8. The summed E-state index contributed by atoms with van der Waals surface area (Å²) >= 11 is 0. The van der Waals surface area contributed by atoms with Crippen molar-refractivity contribution in [2.45, 2.75) is 51.0 Å². The molecule has 5 rings (SSSR count). The maximum absolute atomic E-state index is 13.5. The maximum atomic E-state index is 13.5. The van der Waals surface area contributed by atoms with Crippen molar-refractivity contribution in [2.24, 2.45) is 0 Å². The number of rotatable bonds is 4. The smallest absolute Gasteiger partial charge is 0.409 e. The Hall–Kier alpha value is -2.50. The van der Waals surface area contributed by atoms with Crippen molar-refractivity contribution >= 4 is 36.2 Å². The molecule has 2 aliphatic rings. The van der Waals surface area contributed by atoms with E-state index in [1.165, 1.54) is 22.9 Å². The molecule has 2 N–H and O–H groups in total. The minimum atomic E-state index is -0.425.